The maximum Gasteiger partial charge on any atom is 0.472 e. The summed E-state index contributed by atoms with van der Waals surface area (Å²) in [5.41, 5.74) is 0. The van der Waals surface area contributed by atoms with Crippen molar-refractivity contribution in [2.24, 2.45) is 23.7 Å². The van der Waals surface area contributed by atoms with Gasteiger partial charge < -0.3 is 33.8 Å². The van der Waals surface area contributed by atoms with E-state index >= 15 is 0 Å². The minimum atomic E-state index is -4.95. The van der Waals surface area contributed by atoms with Gasteiger partial charge in [0, 0.05) is 25.7 Å². The second kappa shape index (κ2) is 61.6. The molecule has 0 saturated heterocycles. The zero-order valence-electron chi connectivity index (χ0n) is 59.5. The number of ether oxygens (including phenoxy) is 4. The third-order valence-electron chi connectivity index (χ3n) is 16.9. The molecule has 0 aromatic heterocycles. The van der Waals surface area contributed by atoms with Crippen LogP contribution in [0.15, 0.2) is 0 Å². The van der Waals surface area contributed by atoms with E-state index in [4.69, 9.17) is 37.0 Å². The summed E-state index contributed by atoms with van der Waals surface area (Å²) in [6.07, 6.45) is 44.6. The van der Waals surface area contributed by atoms with Crippen molar-refractivity contribution in [3.8, 4) is 0 Å². The highest BCUT2D eigenvalue weighted by Crippen LogP contribution is 2.45. The predicted molar refractivity (Wildman–Crippen MR) is 367 cm³/mol. The number of phosphoric ester groups is 2. The molecule has 0 fully saturated rings. The van der Waals surface area contributed by atoms with E-state index in [0.717, 1.165) is 108 Å². The van der Waals surface area contributed by atoms with Crippen LogP contribution in [0.2, 0.25) is 0 Å². The minimum absolute atomic E-state index is 0.102. The van der Waals surface area contributed by atoms with Crippen molar-refractivity contribution in [3.05, 3.63) is 0 Å². The van der Waals surface area contributed by atoms with Gasteiger partial charge in [-0.1, -0.05) is 306 Å². The van der Waals surface area contributed by atoms with Crippen LogP contribution in [0.25, 0.3) is 0 Å². The highest BCUT2D eigenvalue weighted by Gasteiger charge is 2.30. The molecule has 0 heterocycles. The molecule has 0 amide bonds. The molecular weight excluding hydrogens is 1200 g/mol. The van der Waals surface area contributed by atoms with Gasteiger partial charge in [0.05, 0.1) is 26.4 Å². The summed E-state index contributed by atoms with van der Waals surface area (Å²) in [6.45, 7) is 14.1. The maximum absolute atomic E-state index is 13.0. The van der Waals surface area contributed by atoms with Gasteiger partial charge in [-0.2, -0.15) is 0 Å². The van der Waals surface area contributed by atoms with Gasteiger partial charge in [0.2, 0.25) is 0 Å². The number of unbranched alkanes of at least 4 members (excludes halogenated alkanes) is 34. The quantitative estimate of drug-likeness (QED) is 0.0222. The Labute approximate surface area is 556 Å². The Balaban J connectivity index is 5.21. The Morgan fingerprint density at radius 3 is 0.780 bits per heavy atom. The molecule has 91 heavy (non-hydrogen) atoms. The molecule has 0 aliphatic rings. The fourth-order valence-corrected chi connectivity index (χ4v) is 12.4. The molecule has 6 atom stereocenters. The fraction of sp³-hybridized carbons (Fsp3) is 0.944. The summed E-state index contributed by atoms with van der Waals surface area (Å²) in [6, 6.07) is 0. The van der Waals surface area contributed by atoms with E-state index in [9.17, 15) is 43.2 Å². The first-order valence-corrected chi connectivity index (χ1v) is 40.2. The molecule has 0 aliphatic heterocycles. The number of aliphatic hydroxyl groups is 1. The first-order valence-electron chi connectivity index (χ1n) is 37.2. The largest absolute Gasteiger partial charge is 0.472 e. The Morgan fingerprint density at radius 2 is 0.527 bits per heavy atom. The molecular formula is C72H140O17P2. The molecule has 19 heteroatoms. The molecule has 0 aliphatic carbocycles. The predicted octanol–water partition coefficient (Wildman–Crippen LogP) is 20.5. The second-order valence-corrected chi connectivity index (χ2v) is 30.6. The molecule has 0 spiro atoms. The second-order valence-electron chi connectivity index (χ2n) is 27.6. The Bertz CT molecular complexity index is 1800. The summed E-state index contributed by atoms with van der Waals surface area (Å²) in [5, 5.41) is 10.6. The summed E-state index contributed by atoms with van der Waals surface area (Å²) < 4.78 is 68.3. The van der Waals surface area contributed by atoms with E-state index in [2.05, 4.69) is 55.4 Å². The van der Waals surface area contributed by atoms with E-state index in [-0.39, 0.29) is 25.7 Å². The molecule has 540 valence electrons. The number of hydrogen-bond donors (Lipinski definition) is 3. The van der Waals surface area contributed by atoms with Crippen LogP contribution in [-0.2, 0) is 65.4 Å². The van der Waals surface area contributed by atoms with Crippen molar-refractivity contribution in [2.45, 2.75) is 375 Å². The Kier molecular flexibility index (Phi) is 60.3. The molecule has 4 unspecified atom stereocenters. The number of hydrogen-bond acceptors (Lipinski definition) is 15. The standard InChI is InChI=1S/C72H140O17P2/c1-9-65(8)51-43-35-27-18-14-12-10-11-13-15-19-28-36-44-52-69(74)82-58-67(88-71(76)54-46-38-30-20-16-17-24-32-40-48-62(2)3)60-86-90(78,79)84-56-66(73)57-85-91(80,81)87-61-68(89-72(77)55-47-39-31-23-26-34-42-50-64(6)7)59-83-70(75)53-45-37-29-22-21-25-33-41-49-63(4)5/h62-68,73H,9-61H2,1-8H3,(H,78,79)(H,80,81)/t65?,66?,67-,68-/m1/s1. The van der Waals surface area contributed by atoms with E-state index < -0.39 is 97.5 Å². The van der Waals surface area contributed by atoms with E-state index in [1.54, 1.807) is 0 Å². The number of carbonyl (C=O) groups is 4. The topological polar surface area (TPSA) is 237 Å². The maximum atomic E-state index is 13.0. The molecule has 0 aromatic rings. The van der Waals surface area contributed by atoms with Crippen molar-refractivity contribution in [3.63, 3.8) is 0 Å². The highest BCUT2D eigenvalue weighted by atomic mass is 31.2. The van der Waals surface area contributed by atoms with E-state index in [1.165, 1.54) is 161 Å². The van der Waals surface area contributed by atoms with Gasteiger partial charge in [0.1, 0.15) is 19.3 Å². The van der Waals surface area contributed by atoms with Crippen LogP contribution < -0.4 is 0 Å². The van der Waals surface area contributed by atoms with Crippen LogP contribution in [0.5, 0.6) is 0 Å². The normalized spacial score (nSPS) is 14.5. The molecule has 0 rings (SSSR count). The molecule has 0 aromatic carbocycles. The number of rotatable bonds is 69. The fourth-order valence-electron chi connectivity index (χ4n) is 10.8. The number of esters is 4. The van der Waals surface area contributed by atoms with Crippen LogP contribution in [0.3, 0.4) is 0 Å². The monoisotopic (exact) mass is 1340 g/mol. The molecule has 0 radical (unpaired) electrons. The zero-order chi connectivity index (χ0) is 67.5. The summed E-state index contributed by atoms with van der Waals surface area (Å²) in [5.74, 6) is 0.879. The SMILES string of the molecule is CCC(C)CCCCCCCCCCCCCCCCC(=O)OC[C@H](COP(=O)(O)OCC(O)COP(=O)(O)OC[C@@H](COC(=O)CCCCCCCCCCC(C)C)OC(=O)CCCCCCCCCC(C)C)OC(=O)CCCCCCCCCCCC(C)C. The summed E-state index contributed by atoms with van der Waals surface area (Å²) >= 11 is 0. The van der Waals surface area contributed by atoms with Gasteiger partial charge in [0.15, 0.2) is 12.2 Å². The smallest absolute Gasteiger partial charge is 0.462 e. The average Bonchev–Trinajstić information content (AvgIpc) is 3.11. The van der Waals surface area contributed by atoms with Crippen LogP contribution in [0.1, 0.15) is 357 Å². The van der Waals surface area contributed by atoms with E-state index in [0.29, 0.717) is 31.6 Å². The minimum Gasteiger partial charge on any atom is -0.462 e. The van der Waals surface area contributed by atoms with Gasteiger partial charge in [-0.25, -0.2) is 9.13 Å². The Hall–Kier alpha value is -1.94. The lowest BCUT2D eigenvalue weighted by molar-refractivity contribution is -0.161. The first-order chi connectivity index (χ1) is 43.6. The van der Waals surface area contributed by atoms with Crippen molar-refractivity contribution >= 4 is 39.5 Å². The highest BCUT2D eigenvalue weighted by molar-refractivity contribution is 7.47. The van der Waals surface area contributed by atoms with Gasteiger partial charge in [-0.15, -0.1) is 0 Å². The van der Waals surface area contributed by atoms with Crippen molar-refractivity contribution in [1.82, 2.24) is 0 Å². The third kappa shape index (κ3) is 65.1. The number of phosphoric acid groups is 2. The van der Waals surface area contributed by atoms with Crippen LogP contribution in [0, 0.1) is 23.7 Å². The van der Waals surface area contributed by atoms with Crippen LogP contribution in [-0.4, -0.2) is 96.7 Å². The van der Waals surface area contributed by atoms with E-state index in [1.807, 2.05) is 0 Å². The molecule has 0 saturated carbocycles. The lowest BCUT2D eigenvalue weighted by Gasteiger charge is -2.21. The number of carbonyl (C=O) groups excluding carboxylic acids is 4. The zero-order valence-corrected chi connectivity index (χ0v) is 61.3. The molecule has 0 bridgehead atoms. The average molecular weight is 1340 g/mol. The van der Waals surface area contributed by atoms with Crippen molar-refractivity contribution in [2.75, 3.05) is 39.6 Å². The molecule has 3 N–H and O–H groups in total. The van der Waals surface area contributed by atoms with Crippen molar-refractivity contribution in [1.29, 1.82) is 0 Å². The third-order valence-corrected chi connectivity index (χ3v) is 18.8. The molecule has 17 nitrogen and oxygen atoms in total. The van der Waals surface area contributed by atoms with Gasteiger partial charge in [0.25, 0.3) is 0 Å². The number of aliphatic hydroxyl groups excluding tert-OH is 1. The van der Waals surface area contributed by atoms with Crippen molar-refractivity contribution < 1.29 is 80.2 Å². The van der Waals surface area contributed by atoms with Crippen LogP contribution in [0.4, 0.5) is 0 Å². The summed E-state index contributed by atoms with van der Waals surface area (Å²) in [4.78, 5) is 72.6. The van der Waals surface area contributed by atoms with Gasteiger partial charge in [-0.3, -0.25) is 37.3 Å². The van der Waals surface area contributed by atoms with Gasteiger partial charge >= 0.3 is 39.5 Å². The van der Waals surface area contributed by atoms with Crippen LogP contribution >= 0.6 is 15.6 Å². The first kappa shape index (κ1) is 89.1. The Morgan fingerprint density at radius 1 is 0.308 bits per heavy atom. The van der Waals surface area contributed by atoms with Gasteiger partial charge in [-0.05, 0) is 49.4 Å². The lowest BCUT2D eigenvalue weighted by Crippen LogP contribution is -2.30. The lowest BCUT2D eigenvalue weighted by atomic mass is 9.99. The summed E-state index contributed by atoms with van der Waals surface area (Å²) in [7, 11) is -9.90.